The van der Waals surface area contributed by atoms with E-state index in [9.17, 15) is 4.39 Å². The van der Waals surface area contributed by atoms with Gasteiger partial charge >= 0.3 is 0 Å². The Hall–Kier alpha value is -1.09. The fourth-order valence-corrected chi connectivity index (χ4v) is 2.18. The Morgan fingerprint density at radius 3 is 2.72 bits per heavy atom. The summed E-state index contributed by atoms with van der Waals surface area (Å²) in [7, 11) is 0. The number of hydrogen-bond acceptors (Lipinski definition) is 1. The maximum atomic E-state index is 13.7. The molecule has 0 aliphatic rings. The maximum absolute atomic E-state index is 13.7. The van der Waals surface area contributed by atoms with Gasteiger partial charge in [0.2, 0.25) is 0 Å². The van der Waals surface area contributed by atoms with Crippen molar-refractivity contribution >= 4 is 22.6 Å². The third kappa shape index (κ3) is 2.37. The number of hydrogen-bond donors (Lipinski definition) is 0. The lowest BCUT2D eigenvalue weighted by Crippen LogP contribution is -2.19. The van der Waals surface area contributed by atoms with Crippen LogP contribution in [0.25, 0.3) is 11.0 Å². The van der Waals surface area contributed by atoms with Crippen molar-refractivity contribution in [1.29, 1.82) is 0 Å². The molecular formula is C14H18ClFN2. The van der Waals surface area contributed by atoms with Crippen LogP contribution in [0.5, 0.6) is 0 Å². The molecule has 0 fully saturated rings. The van der Waals surface area contributed by atoms with E-state index in [1.54, 1.807) is 6.07 Å². The summed E-state index contributed by atoms with van der Waals surface area (Å²) in [6, 6.07) is 5.04. The molecule has 1 aromatic carbocycles. The largest absolute Gasteiger partial charge is 0.326 e. The van der Waals surface area contributed by atoms with E-state index >= 15 is 0 Å². The summed E-state index contributed by atoms with van der Waals surface area (Å²) < 4.78 is 15.7. The van der Waals surface area contributed by atoms with Crippen molar-refractivity contribution in [1.82, 2.24) is 9.55 Å². The van der Waals surface area contributed by atoms with Gasteiger partial charge in [0.05, 0.1) is 11.4 Å². The Morgan fingerprint density at radius 2 is 2.11 bits per heavy atom. The van der Waals surface area contributed by atoms with E-state index in [1.807, 2.05) is 10.6 Å². The number of aromatic nitrogens is 2. The minimum Gasteiger partial charge on any atom is -0.326 e. The van der Waals surface area contributed by atoms with Crippen molar-refractivity contribution in [2.24, 2.45) is 5.41 Å². The maximum Gasteiger partial charge on any atom is 0.151 e. The highest BCUT2D eigenvalue weighted by atomic mass is 35.5. The van der Waals surface area contributed by atoms with E-state index in [0.29, 0.717) is 11.4 Å². The van der Waals surface area contributed by atoms with Crippen LogP contribution in [0.15, 0.2) is 18.2 Å². The van der Waals surface area contributed by atoms with Crippen LogP contribution in [-0.4, -0.2) is 9.55 Å². The van der Waals surface area contributed by atoms with Gasteiger partial charge in [-0.2, -0.15) is 0 Å². The van der Waals surface area contributed by atoms with E-state index in [1.165, 1.54) is 6.07 Å². The number of fused-ring (bicyclic) bond motifs is 1. The van der Waals surface area contributed by atoms with Crippen LogP contribution >= 0.6 is 11.6 Å². The second kappa shape index (κ2) is 4.88. The third-order valence-electron chi connectivity index (χ3n) is 3.47. The molecule has 1 heterocycles. The van der Waals surface area contributed by atoms with Crippen LogP contribution in [0.3, 0.4) is 0 Å². The average molecular weight is 269 g/mol. The Morgan fingerprint density at radius 1 is 1.39 bits per heavy atom. The summed E-state index contributed by atoms with van der Waals surface area (Å²) in [6.45, 7) is 7.33. The first-order chi connectivity index (χ1) is 8.48. The second-order valence-electron chi connectivity index (χ2n) is 5.37. The summed E-state index contributed by atoms with van der Waals surface area (Å²) in [5.74, 6) is 0.749. The molecule has 0 spiro atoms. The van der Waals surface area contributed by atoms with Crippen LogP contribution in [0.2, 0.25) is 0 Å². The van der Waals surface area contributed by atoms with Crippen molar-refractivity contribution in [3.05, 3.63) is 29.8 Å². The van der Waals surface area contributed by atoms with Crippen LogP contribution in [-0.2, 0) is 12.4 Å². The summed E-state index contributed by atoms with van der Waals surface area (Å²) in [4.78, 5) is 4.31. The Kier molecular flexibility index (Phi) is 3.62. The predicted molar refractivity (Wildman–Crippen MR) is 73.3 cm³/mol. The zero-order valence-corrected chi connectivity index (χ0v) is 11.8. The van der Waals surface area contributed by atoms with Crippen molar-refractivity contribution in [3.63, 3.8) is 0 Å². The molecule has 2 nitrogen and oxygen atoms in total. The second-order valence-corrected chi connectivity index (χ2v) is 5.64. The Bertz CT molecular complexity index is 560. The fourth-order valence-electron chi connectivity index (χ4n) is 1.98. The van der Waals surface area contributed by atoms with Gasteiger partial charge in [0, 0.05) is 6.54 Å². The van der Waals surface area contributed by atoms with Gasteiger partial charge in [-0.3, -0.25) is 0 Å². The molecule has 0 aliphatic heterocycles. The first-order valence-corrected chi connectivity index (χ1v) is 6.71. The van der Waals surface area contributed by atoms with Gasteiger partial charge < -0.3 is 4.57 Å². The molecule has 0 unspecified atom stereocenters. The van der Waals surface area contributed by atoms with Crippen LogP contribution in [0.1, 0.15) is 33.0 Å². The van der Waals surface area contributed by atoms with Gasteiger partial charge in [-0.1, -0.05) is 26.8 Å². The normalized spacial score (nSPS) is 12.3. The van der Waals surface area contributed by atoms with Gasteiger partial charge in [-0.25, -0.2) is 9.37 Å². The quantitative estimate of drug-likeness (QED) is 0.754. The molecule has 18 heavy (non-hydrogen) atoms. The smallest absolute Gasteiger partial charge is 0.151 e. The van der Waals surface area contributed by atoms with Gasteiger partial charge in [0.25, 0.3) is 0 Å². The molecule has 98 valence electrons. The molecule has 0 saturated carbocycles. The van der Waals surface area contributed by atoms with Crippen molar-refractivity contribution in [2.45, 2.75) is 39.6 Å². The lowest BCUT2D eigenvalue weighted by atomic mass is 9.90. The molecule has 0 bridgehead atoms. The Labute approximate surface area is 112 Å². The van der Waals surface area contributed by atoms with E-state index in [2.05, 4.69) is 25.8 Å². The van der Waals surface area contributed by atoms with Gasteiger partial charge in [-0.15, -0.1) is 11.6 Å². The number of benzene rings is 1. The molecule has 0 N–H and O–H groups in total. The topological polar surface area (TPSA) is 17.8 Å². The van der Waals surface area contributed by atoms with Gasteiger partial charge in [0.1, 0.15) is 11.3 Å². The average Bonchev–Trinajstić information content (AvgIpc) is 2.69. The minimum atomic E-state index is -0.285. The zero-order chi connectivity index (χ0) is 13.3. The molecule has 2 rings (SSSR count). The highest BCUT2D eigenvalue weighted by Crippen LogP contribution is 2.27. The molecular weight excluding hydrogens is 251 g/mol. The van der Waals surface area contributed by atoms with Crippen LogP contribution in [0, 0.1) is 11.2 Å². The number of halogens is 2. The summed E-state index contributed by atoms with van der Waals surface area (Å²) in [5, 5.41) is 0. The van der Waals surface area contributed by atoms with E-state index in [0.717, 1.165) is 24.3 Å². The third-order valence-corrected chi connectivity index (χ3v) is 3.71. The number of rotatable bonds is 4. The van der Waals surface area contributed by atoms with E-state index in [-0.39, 0.29) is 11.2 Å². The monoisotopic (exact) mass is 268 g/mol. The van der Waals surface area contributed by atoms with Crippen LogP contribution in [0.4, 0.5) is 4.39 Å². The van der Waals surface area contributed by atoms with E-state index < -0.39 is 0 Å². The van der Waals surface area contributed by atoms with Crippen molar-refractivity contribution in [3.8, 4) is 0 Å². The minimum absolute atomic E-state index is 0.140. The summed E-state index contributed by atoms with van der Waals surface area (Å²) in [5.41, 5.74) is 1.38. The number of nitrogens with zero attached hydrogens (tertiary/aromatic N) is 2. The predicted octanol–water partition coefficient (Wildman–Crippen LogP) is 4.35. The standard InChI is InChI=1S/C14H18ClFN2/c1-4-14(2,3)9-18-11-7-5-6-10(16)13(11)17-12(18)8-15/h5-7H,4,8-9H2,1-3H3. The number of para-hydroxylation sites is 1. The van der Waals surface area contributed by atoms with E-state index in [4.69, 9.17) is 11.6 Å². The molecule has 0 atom stereocenters. The molecule has 0 radical (unpaired) electrons. The highest BCUT2D eigenvalue weighted by molar-refractivity contribution is 6.16. The first kappa shape index (κ1) is 13.3. The summed E-state index contributed by atoms with van der Waals surface area (Å²) >= 11 is 5.92. The molecule has 0 amide bonds. The SMILES string of the molecule is CCC(C)(C)Cn1c(CCl)nc2c(F)cccc21. The number of alkyl halides is 1. The molecule has 2 aromatic rings. The molecule has 0 saturated heterocycles. The zero-order valence-electron chi connectivity index (χ0n) is 11.0. The molecule has 4 heteroatoms. The van der Waals surface area contributed by atoms with Crippen molar-refractivity contribution in [2.75, 3.05) is 0 Å². The van der Waals surface area contributed by atoms with Crippen molar-refractivity contribution < 1.29 is 4.39 Å². The Balaban J connectivity index is 2.57. The van der Waals surface area contributed by atoms with Gasteiger partial charge in [0.15, 0.2) is 5.82 Å². The number of imidazole rings is 1. The van der Waals surface area contributed by atoms with Crippen LogP contribution < -0.4 is 0 Å². The fraction of sp³-hybridized carbons (Fsp3) is 0.500. The first-order valence-electron chi connectivity index (χ1n) is 6.18. The van der Waals surface area contributed by atoms with Gasteiger partial charge in [-0.05, 0) is 24.0 Å². The molecule has 0 aliphatic carbocycles. The lowest BCUT2D eigenvalue weighted by Gasteiger charge is -2.24. The molecule has 1 aromatic heterocycles. The summed E-state index contributed by atoms with van der Waals surface area (Å²) in [6.07, 6.45) is 1.05. The lowest BCUT2D eigenvalue weighted by molar-refractivity contribution is 0.295. The highest BCUT2D eigenvalue weighted by Gasteiger charge is 2.20.